The monoisotopic (exact) mass is 362 g/mol. The van der Waals surface area contributed by atoms with E-state index in [1.165, 1.54) is 0 Å². The number of benzene rings is 1. The van der Waals surface area contributed by atoms with Gasteiger partial charge < -0.3 is 14.4 Å². The van der Waals surface area contributed by atoms with Crippen LogP contribution in [0, 0.1) is 5.92 Å². The zero-order valence-electron chi connectivity index (χ0n) is 15.0. The van der Waals surface area contributed by atoms with E-state index in [-0.39, 0.29) is 5.91 Å². The Kier molecular flexibility index (Phi) is 4.67. The molecule has 1 aliphatic heterocycles. The Hall–Kier alpha value is -3.08. The van der Waals surface area contributed by atoms with E-state index in [4.69, 9.17) is 0 Å². The van der Waals surface area contributed by atoms with Gasteiger partial charge >= 0.3 is 5.97 Å². The molecule has 0 aliphatic carbocycles. The molecule has 0 radical (unpaired) electrons. The number of carboxylic acid groups (broad SMARTS) is 1. The van der Waals surface area contributed by atoms with Gasteiger partial charge in [-0.1, -0.05) is 24.3 Å². The lowest BCUT2D eigenvalue weighted by Crippen LogP contribution is -2.38. The third-order valence-corrected chi connectivity index (χ3v) is 5.41. The van der Waals surface area contributed by atoms with Crippen molar-refractivity contribution in [2.45, 2.75) is 19.3 Å². The highest BCUT2D eigenvalue weighted by atomic mass is 16.4. The smallest absolute Gasteiger partial charge is 0.335 e. The molecule has 1 aromatic carbocycles. The fraction of sp³-hybridized carbons (Fsp3) is 0.273. The summed E-state index contributed by atoms with van der Waals surface area (Å²) in [4.78, 5) is 26.1. The molecule has 1 aliphatic rings. The summed E-state index contributed by atoms with van der Waals surface area (Å²) in [6, 6.07) is 15.0. The summed E-state index contributed by atoms with van der Waals surface area (Å²) >= 11 is 0. The van der Waals surface area contributed by atoms with Crippen LogP contribution >= 0.6 is 0 Å². The van der Waals surface area contributed by atoms with E-state index in [9.17, 15) is 14.7 Å². The summed E-state index contributed by atoms with van der Waals surface area (Å²) in [5, 5.41) is 9.34. The zero-order chi connectivity index (χ0) is 18.8. The number of aromatic nitrogens is 1. The van der Waals surface area contributed by atoms with Crippen LogP contribution in [0.25, 0.3) is 5.52 Å². The van der Waals surface area contributed by atoms with Gasteiger partial charge in [-0.05, 0) is 55.0 Å². The molecule has 1 fully saturated rings. The van der Waals surface area contributed by atoms with Gasteiger partial charge in [0.15, 0.2) is 0 Å². The maximum atomic E-state index is 12.8. The minimum Gasteiger partial charge on any atom is -0.478 e. The number of likely N-dealkylation sites (tertiary alicyclic amines) is 1. The maximum absolute atomic E-state index is 12.8. The highest BCUT2D eigenvalue weighted by Crippen LogP contribution is 2.25. The Bertz CT molecular complexity index is 951. The number of hydrogen-bond donors (Lipinski definition) is 1. The van der Waals surface area contributed by atoms with Crippen molar-refractivity contribution in [2.24, 2.45) is 5.92 Å². The lowest BCUT2D eigenvalue weighted by atomic mass is 9.88. The molecule has 0 spiro atoms. The van der Waals surface area contributed by atoms with E-state index in [2.05, 4.69) is 0 Å². The molecular formula is C22H22N2O3. The zero-order valence-corrected chi connectivity index (χ0v) is 15.0. The highest BCUT2D eigenvalue weighted by Gasteiger charge is 2.25. The number of fused-ring (bicyclic) bond motifs is 1. The number of amides is 1. The van der Waals surface area contributed by atoms with Crippen molar-refractivity contribution in [3.63, 3.8) is 0 Å². The number of rotatable bonds is 4. The van der Waals surface area contributed by atoms with Crippen molar-refractivity contribution in [3.8, 4) is 0 Å². The van der Waals surface area contributed by atoms with Gasteiger partial charge in [-0.3, -0.25) is 4.79 Å². The minimum atomic E-state index is -0.876. The van der Waals surface area contributed by atoms with Crippen LogP contribution in [0.4, 0.5) is 0 Å². The molecule has 1 N–H and O–H groups in total. The SMILES string of the molecule is O=C(O)c1ccccc1CC1CCN(C(=O)c2cc3ccccn3c2)CC1. The Morgan fingerprint density at radius 3 is 2.52 bits per heavy atom. The van der Waals surface area contributed by atoms with Crippen LogP contribution in [0.2, 0.25) is 0 Å². The van der Waals surface area contributed by atoms with Crippen LogP contribution in [-0.2, 0) is 6.42 Å². The molecule has 2 aromatic heterocycles. The van der Waals surface area contributed by atoms with Gasteiger partial charge in [0.25, 0.3) is 5.91 Å². The summed E-state index contributed by atoms with van der Waals surface area (Å²) in [6.07, 6.45) is 6.37. The molecule has 1 amide bonds. The first-order valence-corrected chi connectivity index (χ1v) is 9.29. The number of piperidine rings is 1. The number of pyridine rings is 1. The Morgan fingerprint density at radius 1 is 1.04 bits per heavy atom. The van der Waals surface area contributed by atoms with Crippen molar-refractivity contribution >= 4 is 17.4 Å². The second-order valence-electron chi connectivity index (χ2n) is 7.16. The molecule has 4 rings (SSSR count). The van der Waals surface area contributed by atoms with Gasteiger partial charge in [0.1, 0.15) is 0 Å². The van der Waals surface area contributed by atoms with Crippen LogP contribution in [0.5, 0.6) is 0 Å². The molecule has 0 saturated carbocycles. The van der Waals surface area contributed by atoms with Crippen LogP contribution in [0.1, 0.15) is 39.1 Å². The van der Waals surface area contributed by atoms with Gasteiger partial charge in [0.05, 0.1) is 11.1 Å². The summed E-state index contributed by atoms with van der Waals surface area (Å²) in [7, 11) is 0. The normalized spacial score (nSPS) is 15.2. The van der Waals surface area contributed by atoms with Crippen LogP contribution in [-0.4, -0.2) is 39.4 Å². The third kappa shape index (κ3) is 3.58. The largest absolute Gasteiger partial charge is 0.478 e. The molecule has 5 heteroatoms. The van der Waals surface area contributed by atoms with E-state index in [0.29, 0.717) is 24.6 Å². The molecule has 5 nitrogen and oxygen atoms in total. The molecular weight excluding hydrogens is 340 g/mol. The number of carboxylic acids is 1. The van der Waals surface area contributed by atoms with Crippen LogP contribution < -0.4 is 0 Å². The highest BCUT2D eigenvalue weighted by molar-refractivity contribution is 5.95. The predicted molar refractivity (Wildman–Crippen MR) is 103 cm³/mol. The lowest BCUT2D eigenvalue weighted by Gasteiger charge is -2.32. The topological polar surface area (TPSA) is 62.0 Å². The first-order chi connectivity index (χ1) is 13.1. The Morgan fingerprint density at radius 2 is 1.78 bits per heavy atom. The number of carbonyl (C=O) groups excluding carboxylic acids is 1. The average molecular weight is 362 g/mol. The van der Waals surface area contributed by atoms with Crippen molar-refractivity contribution in [3.05, 3.63) is 77.6 Å². The lowest BCUT2D eigenvalue weighted by molar-refractivity contribution is 0.0690. The van der Waals surface area contributed by atoms with Gasteiger partial charge in [-0.2, -0.15) is 0 Å². The quantitative estimate of drug-likeness (QED) is 0.769. The molecule has 138 valence electrons. The van der Waals surface area contributed by atoms with Crippen LogP contribution in [0.3, 0.4) is 0 Å². The Labute approximate surface area is 157 Å². The van der Waals surface area contributed by atoms with E-state index in [0.717, 1.165) is 35.9 Å². The van der Waals surface area contributed by atoms with E-state index in [1.54, 1.807) is 12.1 Å². The molecule has 0 atom stereocenters. The van der Waals surface area contributed by atoms with E-state index >= 15 is 0 Å². The predicted octanol–water partition coefficient (Wildman–Crippen LogP) is 3.73. The second-order valence-corrected chi connectivity index (χ2v) is 7.16. The van der Waals surface area contributed by atoms with Crippen molar-refractivity contribution in [2.75, 3.05) is 13.1 Å². The molecule has 3 aromatic rings. The number of hydrogen-bond acceptors (Lipinski definition) is 2. The standard InChI is InChI=1S/C22H22N2O3/c25-21(18-14-19-6-3-4-10-24(19)15-18)23-11-8-16(9-12-23)13-17-5-1-2-7-20(17)22(26)27/h1-7,10,14-16H,8-9,11-13H2,(H,26,27). The van der Waals surface area contributed by atoms with Gasteiger partial charge in [-0.25, -0.2) is 4.79 Å². The summed E-state index contributed by atoms with van der Waals surface area (Å²) in [6.45, 7) is 1.43. The number of aromatic carboxylic acids is 1. The minimum absolute atomic E-state index is 0.0723. The number of nitrogens with zero attached hydrogens (tertiary/aromatic N) is 2. The molecule has 1 saturated heterocycles. The second kappa shape index (κ2) is 7.27. The first-order valence-electron chi connectivity index (χ1n) is 9.29. The number of carbonyl (C=O) groups is 2. The van der Waals surface area contributed by atoms with Gasteiger partial charge in [0.2, 0.25) is 0 Å². The van der Waals surface area contributed by atoms with Crippen molar-refractivity contribution in [1.82, 2.24) is 9.30 Å². The van der Waals surface area contributed by atoms with Crippen LogP contribution in [0.15, 0.2) is 60.9 Å². The fourth-order valence-corrected chi connectivity index (χ4v) is 3.91. The van der Waals surface area contributed by atoms with Gasteiger partial charge in [0, 0.05) is 31.0 Å². The molecule has 3 heterocycles. The molecule has 27 heavy (non-hydrogen) atoms. The fourth-order valence-electron chi connectivity index (χ4n) is 3.91. The summed E-state index contributed by atoms with van der Waals surface area (Å²) in [5.41, 5.74) is 3.00. The average Bonchev–Trinajstić information content (AvgIpc) is 3.12. The summed E-state index contributed by atoms with van der Waals surface area (Å²) < 4.78 is 1.96. The van der Waals surface area contributed by atoms with Crippen molar-refractivity contribution < 1.29 is 14.7 Å². The van der Waals surface area contributed by atoms with E-state index in [1.807, 2.05) is 58.1 Å². The molecule has 0 unspecified atom stereocenters. The first kappa shape index (κ1) is 17.3. The van der Waals surface area contributed by atoms with Crippen molar-refractivity contribution in [1.29, 1.82) is 0 Å². The third-order valence-electron chi connectivity index (χ3n) is 5.41. The Balaban J connectivity index is 1.40. The van der Waals surface area contributed by atoms with E-state index < -0.39 is 5.97 Å². The van der Waals surface area contributed by atoms with Gasteiger partial charge in [-0.15, -0.1) is 0 Å². The maximum Gasteiger partial charge on any atom is 0.335 e. The summed E-state index contributed by atoms with van der Waals surface area (Å²) in [5.74, 6) is -0.398. The molecule has 0 bridgehead atoms.